The van der Waals surface area contributed by atoms with Gasteiger partial charge in [0, 0.05) is 19.5 Å². The summed E-state index contributed by atoms with van der Waals surface area (Å²) in [5, 5.41) is 2.85. The van der Waals surface area contributed by atoms with E-state index in [-0.39, 0.29) is 23.8 Å². The third-order valence-electron chi connectivity index (χ3n) is 4.27. The van der Waals surface area contributed by atoms with Gasteiger partial charge >= 0.3 is 0 Å². The first kappa shape index (κ1) is 20.1. The number of carbonyl (C=O) groups excluding carboxylic acids is 1. The zero-order valence-corrected chi connectivity index (χ0v) is 16.3. The van der Waals surface area contributed by atoms with Gasteiger partial charge in [-0.2, -0.15) is 0 Å². The van der Waals surface area contributed by atoms with Crippen molar-refractivity contribution >= 4 is 15.9 Å². The first-order valence-electron chi connectivity index (χ1n) is 8.67. The smallest absolute Gasteiger partial charge is 0.240 e. The molecule has 140 valence electrons. The van der Waals surface area contributed by atoms with Crippen LogP contribution in [0.2, 0.25) is 0 Å². The van der Waals surface area contributed by atoms with E-state index in [1.165, 1.54) is 5.56 Å². The molecule has 0 heterocycles. The van der Waals surface area contributed by atoms with Crippen LogP contribution in [0.25, 0.3) is 0 Å². The Bertz CT molecular complexity index is 859. The minimum atomic E-state index is -3.54. The van der Waals surface area contributed by atoms with Gasteiger partial charge < -0.3 is 5.32 Å². The Hall–Kier alpha value is -2.18. The highest BCUT2D eigenvalue weighted by atomic mass is 32.2. The van der Waals surface area contributed by atoms with Gasteiger partial charge in [0.2, 0.25) is 15.9 Å². The fourth-order valence-electron chi connectivity index (χ4n) is 2.41. The molecule has 0 aliphatic heterocycles. The highest BCUT2D eigenvalue weighted by molar-refractivity contribution is 7.89. The third kappa shape index (κ3) is 5.97. The normalized spacial score (nSPS) is 11.3. The molecule has 6 heteroatoms. The monoisotopic (exact) mass is 374 g/mol. The van der Waals surface area contributed by atoms with E-state index < -0.39 is 10.0 Å². The molecule has 0 aliphatic carbocycles. The van der Waals surface area contributed by atoms with E-state index >= 15 is 0 Å². The molecule has 0 saturated carbocycles. The van der Waals surface area contributed by atoms with Crippen LogP contribution in [-0.4, -0.2) is 20.9 Å². The zero-order chi connectivity index (χ0) is 19.2. The lowest BCUT2D eigenvalue weighted by Crippen LogP contribution is -2.27. The molecule has 0 saturated heterocycles. The third-order valence-corrected chi connectivity index (χ3v) is 5.73. The van der Waals surface area contributed by atoms with Gasteiger partial charge in [-0.05, 0) is 56.0 Å². The molecule has 2 N–H and O–H groups in total. The molecular weight excluding hydrogens is 348 g/mol. The Morgan fingerprint density at radius 1 is 0.962 bits per heavy atom. The van der Waals surface area contributed by atoms with Crippen LogP contribution in [0.15, 0.2) is 47.4 Å². The zero-order valence-electron chi connectivity index (χ0n) is 15.5. The van der Waals surface area contributed by atoms with E-state index in [4.69, 9.17) is 0 Å². The molecule has 0 fully saturated rings. The van der Waals surface area contributed by atoms with Crippen molar-refractivity contribution in [2.24, 2.45) is 0 Å². The standard InChI is InChI=1S/C20H26N2O3S/c1-15-6-9-18(10-7-15)14-21-20(23)5-4-12-22-26(24,25)19-11-8-16(2)17(3)13-19/h6-11,13,22H,4-5,12,14H2,1-3H3,(H,21,23). The molecule has 0 atom stereocenters. The second-order valence-corrected chi connectivity index (χ2v) is 8.28. The van der Waals surface area contributed by atoms with E-state index in [1.807, 2.05) is 45.0 Å². The average molecular weight is 375 g/mol. The molecule has 0 unspecified atom stereocenters. The number of aryl methyl sites for hydroxylation is 3. The van der Waals surface area contributed by atoms with Crippen molar-refractivity contribution in [2.75, 3.05) is 6.54 Å². The maximum atomic E-state index is 12.3. The predicted octanol–water partition coefficient (Wildman–Crippen LogP) is 2.99. The number of benzene rings is 2. The molecule has 2 aromatic rings. The van der Waals surface area contributed by atoms with Crippen molar-refractivity contribution in [1.82, 2.24) is 10.0 Å². The van der Waals surface area contributed by atoms with Crippen molar-refractivity contribution in [3.63, 3.8) is 0 Å². The number of rotatable bonds is 8. The van der Waals surface area contributed by atoms with Crippen LogP contribution in [0.1, 0.15) is 35.1 Å². The van der Waals surface area contributed by atoms with Gasteiger partial charge in [-0.3, -0.25) is 4.79 Å². The summed E-state index contributed by atoms with van der Waals surface area (Å²) in [6.07, 6.45) is 0.727. The minimum Gasteiger partial charge on any atom is -0.352 e. The lowest BCUT2D eigenvalue weighted by atomic mass is 10.1. The SMILES string of the molecule is Cc1ccc(CNC(=O)CCCNS(=O)(=O)c2ccc(C)c(C)c2)cc1. The Labute approximate surface area is 155 Å². The quantitative estimate of drug-likeness (QED) is 0.698. The summed E-state index contributed by atoms with van der Waals surface area (Å²) in [5.74, 6) is -0.0871. The Balaban J connectivity index is 1.74. The van der Waals surface area contributed by atoms with Crippen LogP contribution in [0.4, 0.5) is 0 Å². The molecule has 1 amide bonds. The van der Waals surface area contributed by atoms with Crippen molar-refractivity contribution in [3.8, 4) is 0 Å². The minimum absolute atomic E-state index is 0.0871. The maximum Gasteiger partial charge on any atom is 0.240 e. The summed E-state index contributed by atoms with van der Waals surface area (Å²) in [6.45, 7) is 6.54. The van der Waals surface area contributed by atoms with E-state index in [0.717, 1.165) is 16.7 Å². The highest BCUT2D eigenvalue weighted by Gasteiger charge is 2.14. The summed E-state index contributed by atoms with van der Waals surface area (Å²) in [6, 6.07) is 13.0. The van der Waals surface area contributed by atoms with Crippen molar-refractivity contribution in [2.45, 2.75) is 45.1 Å². The van der Waals surface area contributed by atoms with Crippen LogP contribution in [-0.2, 0) is 21.4 Å². The van der Waals surface area contributed by atoms with Crippen LogP contribution in [0.3, 0.4) is 0 Å². The fourth-order valence-corrected chi connectivity index (χ4v) is 3.57. The lowest BCUT2D eigenvalue weighted by molar-refractivity contribution is -0.121. The number of hydrogen-bond donors (Lipinski definition) is 2. The molecule has 0 spiro atoms. The topological polar surface area (TPSA) is 75.3 Å². The number of hydrogen-bond acceptors (Lipinski definition) is 3. The summed E-state index contributed by atoms with van der Waals surface area (Å²) >= 11 is 0. The van der Waals surface area contributed by atoms with Gasteiger partial charge in [0.05, 0.1) is 4.90 Å². The number of amides is 1. The molecule has 5 nitrogen and oxygen atoms in total. The fraction of sp³-hybridized carbons (Fsp3) is 0.350. The van der Waals surface area contributed by atoms with Gasteiger partial charge in [0.1, 0.15) is 0 Å². The average Bonchev–Trinajstić information content (AvgIpc) is 2.60. The van der Waals surface area contributed by atoms with E-state index in [9.17, 15) is 13.2 Å². The highest BCUT2D eigenvalue weighted by Crippen LogP contribution is 2.14. The van der Waals surface area contributed by atoms with Crippen LogP contribution >= 0.6 is 0 Å². The largest absolute Gasteiger partial charge is 0.352 e. The molecule has 2 aromatic carbocycles. The van der Waals surface area contributed by atoms with Gasteiger partial charge in [0.25, 0.3) is 0 Å². The summed E-state index contributed by atoms with van der Waals surface area (Å²) in [7, 11) is -3.54. The van der Waals surface area contributed by atoms with Crippen LogP contribution < -0.4 is 10.0 Å². The Kier molecular flexibility index (Phi) is 6.94. The molecule has 0 bridgehead atoms. The summed E-state index contributed by atoms with van der Waals surface area (Å²) in [5.41, 5.74) is 4.20. The van der Waals surface area contributed by atoms with Crippen LogP contribution in [0.5, 0.6) is 0 Å². The van der Waals surface area contributed by atoms with Gasteiger partial charge in [-0.25, -0.2) is 13.1 Å². The molecule has 0 radical (unpaired) electrons. The lowest BCUT2D eigenvalue weighted by Gasteiger charge is -2.09. The van der Waals surface area contributed by atoms with Crippen molar-refractivity contribution < 1.29 is 13.2 Å². The summed E-state index contributed by atoms with van der Waals surface area (Å²) in [4.78, 5) is 12.1. The van der Waals surface area contributed by atoms with E-state index in [0.29, 0.717) is 13.0 Å². The molecular formula is C20H26N2O3S. The van der Waals surface area contributed by atoms with E-state index in [2.05, 4.69) is 10.0 Å². The second kappa shape index (κ2) is 8.96. The predicted molar refractivity (Wildman–Crippen MR) is 103 cm³/mol. The number of nitrogens with one attached hydrogen (secondary N) is 2. The van der Waals surface area contributed by atoms with Gasteiger partial charge in [-0.15, -0.1) is 0 Å². The Morgan fingerprint density at radius 2 is 1.65 bits per heavy atom. The van der Waals surface area contributed by atoms with Crippen molar-refractivity contribution in [1.29, 1.82) is 0 Å². The first-order valence-corrected chi connectivity index (χ1v) is 10.2. The second-order valence-electron chi connectivity index (χ2n) is 6.51. The van der Waals surface area contributed by atoms with Gasteiger partial charge in [0.15, 0.2) is 0 Å². The maximum absolute atomic E-state index is 12.3. The first-order chi connectivity index (χ1) is 12.3. The molecule has 26 heavy (non-hydrogen) atoms. The molecule has 2 rings (SSSR count). The Morgan fingerprint density at radius 3 is 2.31 bits per heavy atom. The number of sulfonamides is 1. The molecule has 0 aromatic heterocycles. The molecule has 0 aliphatic rings. The van der Waals surface area contributed by atoms with E-state index in [1.54, 1.807) is 18.2 Å². The summed E-state index contributed by atoms with van der Waals surface area (Å²) < 4.78 is 27.1. The van der Waals surface area contributed by atoms with Crippen molar-refractivity contribution in [3.05, 3.63) is 64.7 Å². The van der Waals surface area contributed by atoms with Crippen LogP contribution in [0, 0.1) is 20.8 Å². The van der Waals surface area contributed by atoms with Gasteiger partial charge in [-0.1, -0.05) is 35.9 Å². The number of carbonyl (C=O) groups is 1.